The Morgan fingerprint density at radius 3 is 2.44 bits per heavy atom. The fourth-order valence-electron chi connectivity index (χ4n) is 4.65. The largest absolute Gasteiger partial charge is 0.495 e. The molecule has 0 aromatic heterocycles. The van der Waals surface area contributed by atoms with Crippen molar-refractivity contribution in [3.05, 3.63) is 59.1 Å². The first-order chi connectivity index (χ1) is 12.1. The predicted molar refractivity (Wildman–Crippen MR) is 105 cm³/mol. The van der Waals surface area contributed by atoms with Crippen LogP contribution in [0.2, 0.25) is 5.02 Å². The number of benzene rings is 2. The van der Waals surface area contributed by atoms with Gasteiger partial charge in [0.1, 0.15) is 11.4 Å². The lowest BCUT2D eigenvalue weighted by Crippen LogP contribution is -2.51. The Morgan fingerprint density at radius 2 is 1.76 bits per heavy atom. The third kappa shape index (κ3) is 3.30. The monoisotopic (exact) mass is 356 g/mol. The summed E-state index contributed by atoms with van der Waals surface area (Å²) in [7, 11) is 4.04. The van der Waals surface area contributed by atoms with Gasteiger partial charge in [0.15, 0.2) is 0 Å². The van der Waals surface area contributed by atoms with Crippen molar-refractivity contribution in [2.75, 3.05) is 27.2 Å². The van der Waals surface area contributed by atoms with Gasteiger partial charge in [0, 0.05) is 25.0 Å². The lowest BCUT2D eigenvalue weighted by molar-refractivity contribution is 0.202. The zero-order chi connectivity index (χ0) is 17.4. The van der Waals surface area contributed by atoms with Gasteiger partial charge >= 0.3 is 0 Å². The molecule has 0 radical (unpaired) electrons. The van der Waals surface area contributed by atoms with Crippen LogP contribution in [0.15, 0.2) is 48.5 Å². The van der Waals surface area contributed by atoms with E-state index >= 15 is 0 Å². The average molecular weight is 357 g/mol. The van der Waals surface area contributed by atoms with Crippen LogP contribution in [0.1, 0.15) is 30.7 Å². The molecule has 2 aliphatic rings. The van der Waals surface area contributed by atoms with Gasteiger partial charge in [-0.15, -0.1) is 0 Å². The molecule has 0 amide bonds. The summed E-state index contributed by atoms with van der Waals surface area (Å²) >= 11 is 6.20. The van der Waals surface area contributed by atoms with E-state index in [-0.39, 0.29) is 0 Å². The Labute approximate surface area is 156 Å². The molecular weight excluding hydrogens is 330 g/mol. The van der Waals surface area contributed by atoms with E-state index in [1.807, 2.05) is 6.07 Å². The molecule has 2 aromatic carbocycles. The van der Waals surface area contributed by atoms with E-state index in [0.29, 0.717) is 5.02 Å². The Morgan fingerprint density at radius 1 is 1.04 bits per heavy atom. The lowest BCUT2D eigenvalue weighted by Gasteiger charge is -2.40. The van der Waals surface area contributed by atoms with Crippen molar-refractivity contribution in [3.63, 3.8) is 0 Å². The van der Waals surface area contributed by atoms with Gasteiger partial charge in [-0.3, -0.25) is 4.48 Å². The molecule has 4 rings (SSSR count). The van der Waals surface area contributed by atoms with E-state index in [1.54, 1.807) is 7.11 Å². The van der Waals surface area contributed by atoms with Gasteiger partial charge in [0.05, 0.1) is 32.3 Å². The van der Waals surface area contributed by atoms with Crippen LogP contribution in [-0.2, 0) is 0 Å². The maximum atomic E-state index is 6.20. The first-order valence-corrected chi connectivity index (χ1v) is 9.72. The second-order valence-electron chi connectivity index (χ2n) is 7.92. The van der Waals surface area contributed by atoms with Gasteiger partial charge in [-0.2, -0.15) is 0 Å². The predicted octanol–water partition coefficient (Wildman–Crippen LogP) is 5.50. The van der Waals surface area contributed by atoms with Crippen LogP contribution in [0.25, 0.3) is 0 Å². The smallest absolute Gasteiger partial charge is 0.143 e. The Hall–Kier alpha value is -1.51. The van der Waals surface area contributed by atoms with Crippen molar-refractivity contribution >= 4 is 17.3 Å². The van der Waals surface area contributed by atoms with Crippen molar-refractivity contribution in [3.8, 4) is 5.75 Å². The summed E-state index contributed by atoms with van der Waals surface area (Å²) in [4.78, 5) is 0. The average Bonchev–Trinajstić information content (AvgIpc) is 3.44. The first kappa shape index (κ1) is 16.9. The molecule has 25 heavy (non-hydrogen) atoms. The second-order valence-corrected chi connectivity index (χ2v) is 8.32. The molecule has 1 heterocycles. The van der Waals surface area contributed by atoms with Crippen molar-refractivity contribution in [1.29, 1.82) is 0 Å². The zero-order valence-corrected chi connectivity index (χ0v) is 15.9. The van der Waals surface area contributed by atoms with Crippen LogP contribution in [-0.4, -0.2) is 27.2 Å². The molecule has 0 spiro atoms. The number of nitrogens with zero attached hydrogens (tertiary/aromatic N) is 1. The Balaban J connectivity index is 1.41. The quantitative estimate of drug-likeness (QED) is 0.657. The van der Waals surface area contributed by atoms with Crippen molar-refractivity contribution in [1.82, 2.24) is 4.48 Å². The van der Waals surface area contributed by atoms with Gasteiger partial charge in [-0.25, -0.2) is 0 Å². The number of likely N-dealkylation sites (tertiary alicyclic amines) is 1. The highest BCUT2D eigenvalue weighted by Crippen LogP contribution is 2.54. The maximum Gasteiger partial charge on any atom is 0.143 e. The van der Waals surface area contributed by atoms with Gasteiger partial charge in [-0.1, -0.05) is 41.9 Å². The molecule has 1 saturated heterocycles. The molecule has 132 valence electrons. The van der Waals surface area contributed by atoms with Crippen LogP contribution in [0.4, 0.5) is 5.69 Å². The van der Waals surface area contributed by atoms with Crippen molar-refractivity contribution in [2.45, 2.75) is 25.2 Å². The Kier molecular flexibility index (Phi) is 4.51. The van der Waals surface area contributed by atoms with Crippen LogP contribution < -0.4 is 9.22 Å². The maximum absolute atomic E-state index is 6.20. The number of piperidine rings is 1. The number of rotatable bonds is 4. The van der Waals surface area contributed by atoms with E-state index in [9.17, 15) is 0 Å². The summed E-state index contributed by atoms with van der Waals surface area (Å²) < 4.78 is 6.40. The minimum absolute atomic E-state index is 0.691. The summed E-state index contributed by atoms with van der Waals surface area (Å²) in [5.74, 6) is 3.37. The molecule has 2 fully saturated rings. The number of hydrogen-bond donors (Lipinski definition) is 0. The van der Waals surface area contributed by atoms with Crippen molar-refractivity contribution < 1.29 is 4.74 Å². The van der Waals surface area contributed by atoms with Crippen LogP contribution in [0.5, 0.6) is 5.75 Å². The number of ether oxygens (including phenoxy) is 1. The van der Waals surface area contributed by atoms with Crippen LogP contribution in [0, 0.1) is 11.8 Å². The normalized spacial score (nSPS) is 31.6. The minimum atomic E-state index is 0.691. The molecule has 0 N–H and O–H groups in total. The van der Waals surface area contributed by atoms with E-state index in [4.69, 9.17) is 16.3 Å². The fraction of sp³-hybridized carbons (Fsp3) is 0.455. The standard InChI is InChI=1S/C22H27ClNO/c1-24(18-8-9-21(23)22(14-18)25-2)12-10-17(11-13-24)20-15-19(20)16-6-4-3-5-7-16/h3-9,14,17,19-20H,10-13,15H2,1-2H3/q+1/t17?,19-,20-,24?/m0/s1. The first-order valence-electron chi connectivity index (χ1n) is 9.34. The van der Waals surface area contributed by atoms with E-state index in [0.717, 1.165) is 28.0 Å². The summed E-state index contributed by atoms with van der Waals surface area (Å²) in [5.41, 5.74) is 2.85. The molecular formula is C22H27ClNO+. The second kappa shape index (κ2) is 6.66. The lowest BCUT2D eigenvalue weighted by atomic mass is 9.88. The van der Waals surface area contributed by atoms with E-state index < -0.39 is 0 Å². The number of methoxy groups -OCH3 is 1. The molecule has 3 heteroatoms. The molecule has 0 unspecified atom stereocenters. The summed E-state index contributed by atoms with van der Waals surface area (Å²) in [6, 6.07) is 17.3. The van der Waals surface area contributed by atoms with Crippen LogP contribution in [0.3, 0.4) is 0 Å². The molecule has 2 nitrogen and oxygen atoms in total. The molecule has 2 atom stereocenters. The van der Waals surface area contributed by atoms with Gasteiger partial charge < -0.3 is 4.74 Å². The van der Waals surface area contributed by atoms with Gasteiger partial charge in [0.25, 0.3) is 0 Å². The molecule has 2 aromatic rings. The van der Waals surface area contributed by atoms with Gasteiger partial charge in [0.2, 0.25) is 0 Å². The van der Waals surface area contributed by atoms with E-state index in [1.165, 1.54) is 43.6 Å². The molecule has 0 bridgehead atoms. The fourth-order valence-corrected chi connectivity index (χ4v) is 4.84. The molecule has 1 aliphatic carbocycles. The van der Waals surface area contributed by atoms with E-state index in [2.05, 4.69) is 49.5 Å². The third-order valence-electron chi connectivity index (χ3n) is 6.42. The third-order valence-corrected chi connectivity index (χ3v) is 6.73. The highest BCUT2D eigenvalue weighted by molar-refractivity contribution is 6.32. The molecule has 1 aliphatic heterocycles. The number of quaternary nitrogens is 1. The number of halogens is 1. The SMILES string of the molecule is COc1cc([N+]2(C)CCC([C@@H]3C[C@H]3c3ccccc3)CC2)ccc1Cl. The molecule has 1 saturated carbocycles. The van der Waals surface area contributed by atoms with Crippen LogP contribution >= 0.6 is 11.6 Å². The number of hydrogen-bond acceptors (Lipinski definition) is 1. The highest BCUT2D eigenvalue weighted by atomic mass is 35.5. The summed E-state index contributed by atoms with van der Waals surface area (Å²) in [5, 5.41) is 0.691. The van der Waals surface area contributed by atoms with Crippen molar-refractivity contribution in [2.24, 2.45) is 11.8 Å². The Bertz CT molecular complexity index is 737. The minimum Gasteiger partial charge on any atom is -0.495 e. The highest BCUT2D eigenvalue weighted by Gasteiger charge is 2.46. The summed E-state index contributed by atoms with van der Waals surface area (Å²) in [6.45, 7) is 2.40. The zero-order valence-electron chi connectivity index (χ0n) is 15.1. The summed E-state index contributed by atoms with van der Waals surface area (Å²) in [6.07, 6.45) is 4.01. The van der Waals surface area contributed by atoms with Gasteiger partial charge in [-0.05, 0) is 35.8 Å². The topological polar surface area (TPSA) is 9.23 Å².